The Balaban J connectivity index is 1.97. The maximum Gasteiger partial charge on any atom is 0.135 e. The van der Waals surface area contributed by atoms with E-state index in [1.54, 1.807) is 0 Å². The first-order valence-electron chi connectivity index (χ1n) is 6.61. The van der Waals surface area contributed by atoms with Gasteiger partial charge in [-0.25, -0.2) is 4.98 Å². The van der Waals surface area contributed by atoms with Crippen molar-refractivity contribution in [1.29, 1.82) is 0 Å². The van der Waals surface area contributed by atoms with Crippen LogP contribution in [0.25, 0.3) is 11.0 Å². The molecule has 2 heterocycles. The normalized spacial score (nSPS) is 17.2. The zero-order valence-electron chi connectivity index (χ0n) is 10.7. The predicted octanol–water partition coefficient (Wildman–Crippen LogP) is 2.72. The molecule has 19 heavy (non-hydrogen) atoms. The molecule has 0 bridgehead atoms. The van der Waals surface area contributed by atoms with Gasteiger partial charge in [-0.05, 0) is 37.0 Å². The topological polar surface area (TPSA) is 47.3 Å². The number of aromatic nitrogens is 2. The minimum absolute atomic E-state index is 0.0183. The molecule has 0 unspecified atom stereocenters. The molecule has 1 N–H and O–H groups in total. The van der Waals surface area contributed by atoms with Crippen molar-refractivity contribution in [3.05, 3.63) is 28.5 Å². The molecule has 1 aromatic carbocycles. The van der Waals surface area contributed by atoms with Crippen molar-refractivity contribution >= 4 is 27.0 Å². The van der Waals surface area contributed by atoms with E-state index in [0.29, 0.717) is 5.92 Å². The van der Waals surface area contributed by atoms with Gasteiger partial charge in [0.15, 0.2) is 0 Å². The molecule has 0 amide bonds. The van der Waals surface area contributed by atoms with Crippen LogP contribution in [-0.2, 0) is 17.9 Å². The fourth-order valence-corrected chi connectivity index (χ4v) is 3.01. The molecule has 0 saturated carbocycles. The highest BCUT2D eigenvalue weighted by atomic mass is 79.9. The highest BCUT2D eigenvalue weighted by molar-refractivity contribution is 9.10. The summed E-state index contributed by atoms with van der Waals surface area (Å²) in [5.74, 6) is 1.36. The number of hydrogen-bond donors (Lipinski definition) is 1. The van der Waals surface area contributed by atoms with Crippen LogP contribution in [-0.4, -0.2) is 27.9 Å². The lowest BCUT2D eigenvalue weighted by atomic mass is 10.0. The quantitative estimate of drug-likeness (QED) is 0.944. The maximum atomic E-state index is 9.50. The number of halogens is 1. The van der Waals surface area contributed by atoms with Gasteiger partial charge in [-0.3, -0.25) is 0 Å². The van der Waals surface area contributed by atoms with Crippen molar-refractivity contribution < 1.29 is 9.84 Å². The number of imidazole rings is 1. The van der Waals surface area contributed by atoms with E-state index >= 15 is 0 Å². The van der Waals surface area contributed by atoms with Crippen molar-refractivity contribution in [2.45, 2.75) is 26.0 Å². The maximum absolute atomic E-state index is 9.50. The summed E-state index contributed by atoms with van der Waals surface area (Å²) in [5.41, 5.74) is 2.03. The van der Waals surface area contributed by atoms with E-state index in [9.17, 15) is 5.11 Å². The molecule has 1 saturated heterocycles. The number of benzene rings is 1. The molecule has 3 rings (SSSR count). The molecule has 0 atom stereocenters. The van der Waals surface area contributed by atoms with Gasteiger partial charge in [0.2, 0.25) is 0 Å². The Labute approximate surface area is 120 Å². The second-order valence-electron chi connectivity index (χ2n) is 4.99. The summed E-state index contributed by atoms with van der Waals surface area (Å²) in [6.45, 7) is 2.58. The number of aliphatic hydroxyl groups is 1. The molecule has 1 aliphatic heterocycles. The van der Waals surface area contributed by atoms with Gasteiger partial charge in [0.25, 0.3) is 0 Å². The Morgan fingerprint density at radius 3 is 2.89 bits per heavy atom. The third-order valence-electron chi connectivity index (χ3n) is 3.71. The highest BCUT2D eigenvalue weighted by Gasteiger charge is 2.18. The summed E-state index contributed by atoms with van der Waals surface area (Å²) in [6.07, 6.45) is 2.16. The SMILES string of the molecule is OCc1nc2ccc(Br)cc2n1CC1CCOCC1. The molecule has 5 heteroatoms. The molecule has 102 valence electrons. The van der Waals surface area contributed by atoms with Crippen LogP contribution in [0, 0.1) is 5.92 Å². The van der Waals surface area contributed by atoms with Gasteiger partial charge in [-0.2, -0.15) is 0 Å². The molecule has 2 aromatic rings. The van der Waals surface area contributed by atoms with Gasteiger partial charge < -0.3 is 14.4 Å². The molecule has 0 radical (unpaired) electrons. The molecule has 1 aromatic heterocycles. The fraction of sp³-hybridized carbons (Fsp3) is 0.500. The van der Waals surface area contributed by atoms with E-state index in [0.717, 1.165) is 53.9 Å². The van der Waals surface area contributed by atoms with E-state index in [1.807, 2.05) is 12.1 Å². The molecule has 0 aliphatic carbocycles. The predicted molar refractivity (Wildman–Crippen MR) is 76.9 cm³/mol. The van der Waals surface area contributed by atoms with E-state index in [2.05, 4.69) is 31.5 Å². The average molecular weight is 325 g/mol. The second kappa shape index (κ2) is 5.61. The van der Waals surface area contributed by atoms with Gasteiger partial charge in [0.05, 0.1) is 11.0 Å². The molecule has 4 nitrogen and oxygen atoms in total. The molecule has 1 fully saturated rings. The van der Waals surface area contributed by atoms with Crippen molar-refractivity contribution in [1.82, 2.24) is 9.55 Å². The summed E-state index contributed by atoms with van der Waals surface area (Å²) < 4.78 is 8.59. The Morgan fingerprint density at radius 2 is 2.16 bits per heavy atom. The van der Waals surface area contributed by atoms with Gasteiger partial charge in [0.1, 0.15) is 12.4 Å². The fourth-order valence-electron chi connectivity index (χ4n) is 2.66. The van der Waals surface area contributed by atoms with Crippen LogP contribution in [0.5, 0.6) is 0 Å². The first-order valence-corrected chi connectivity index (χ1v) is 7.40. The number of ether oxygens (including phenoxy) is 1. The van der Waals surface area contributed by atoms with Gasteiger partial charge in [-0.1, -0.05) is 15.9 Å². The Hall–Kier alpha value is -0.910. The summed E-state index contributed by atoms with van der Waals surface area (Å²) in [4.78, 5) is 4.50. The first kappa shape index (κ1) is 13.1. The molecule has 1 aliphatic rings. The summed E-state index contributed by atoms with van der Waals surface area (Å²) in [7, 11) is 0. The summed E-state index contributed by atoms with van der Waals surface area (Å²) in [6, 6.07) is 6.04. The van der Waals surface area contributed by atoms with Crippen molar-refractivity contribution in [2.75, 3.05) is 13.2 Å². The lowest BCUT2D eigenvalue weighted by Crippen LogP contribution is -2.21. The third kappa shape index (κ3) is 2.68. The third-order valence-corrected chi connectivity index (χ3v) is 4.21. The molecular formula is C14H17BrN2O2. The van der Waals surface area contributed by atoms with Crippen LogP contribution in [0.1, 0.15) is 18.7 Å². The monoisotopic (exact) mass is 324 g/mol. The largest absolute Gasteiger partial charge is 0.388 e. The minimum Gasteiger partial charge on any atom is -0.388 e. The van der Waals surface area contributed by atoms with E-state index in [-0.39, 0.29) is 6.61 Å². The summed E-state index contributed by atoms with van der Waals surface area (Å²) >= 11 is 3.50. The lowest BCUT2D eigenvalue weighted by molar-refractivity contribution is 0.0610. The zero-order chi connectivity index (χ0) is 13.2. The Morgan fingerprint density at radius 1 is 1.37 bits per heavy atom. The smallest absolute Gasteiger partial charge is 0.135 e. The van der Waals surface area contributed by atoms with Gasteiger partial charge >= 0.3 is 0 Å². The number of fused-ring (bicyclic) bond motifs is 1. The number of rotatable bonds is 3. The first-order chi connectivity index (χ1) is 9.28. The highest BCUT2D eigenvalue weighted by Crippen LogP contribution is 2.25. The van der Waals surface area contributed by atoms with Crippen LogP contribution in [0.3, 0.4) is 0 Å². The van der Waals surface area contributed by atoms with Crippen LogP contribution in [0.2, 0.25) is 0 Å². The van der Waals surface area contributed by atoms with Gasteiger partial charge in [-0.15, -0.1) is 0 Å². The van der Waals surface area contributed by atoms with E-state index in [4.69, 9.17) is 4.74 Å². The van der Waals surface area contributed by atoms with Gasteiger partial charge in [0, 0.05) is 24.2 Å². The number of aliphatic hydroxyl groups excluding tert-OH is 1. The minimum atomic E-state index is -0.0183. The standard InChI is InChI=1S/C14H17BrN2O2/c15-11-1-2-12-13(7-11)17(14(9-18)16-12)8-10-3-5-19-6-4-10/h1-2,7,10,18H,3-6,8-9H2. The second-order valence-corrected chi connectivity index (χ2v) is 5.90. The zero-order valence-corrected chi connectivity index (χ0v) is 12.3. The van der Waals surface area contributed by atoms with E-state index in [1.165, 1.54) is 0 Å². The Bertz CT molecular complexity index is 576. The van der Waals surface area contributed by atoms with Crippen molar-refractivity contribution in [3.8, 4) is 0 Å². The summed E-state index contributed by atoms with van der Waals surface area (Å²) in [5, 5.41) is 9.50. The van der Waals surface area contributed by atoms with Crippen molar-refractivity contribution in [3.63, 3.8) is 0 Å². The Kier molecular flexibility index (Phi) is 3.86. The number of nitrogens with zero attached hydrogens (tertiary/aromatic N) is 2. The van der Waals surface area contributed by atoms with E-state index < -0.39 is 0 Å². The van der Waals surface area contributed by atoms with Crippen LogP contribution in [0.4, 0.5) is 0 Å². The van der Waals surface area contributed by atoms with Crippen LogP contribution < -0.4 is 0 Å². The van der Waals surface area contributed by atoms with Crippen molar-refractivity contribution in [2.24, 2.45) is 5.92 Å². The molecular weight excluding hydrogens is 308 g/mol. The molecule has 0 spiro atoms. The lowest BCUT2D eigenvalue weighted by Gasteiger charge is -2.23. The van der Waals surface area contributed by atoms with Crippen LogP contribution in [0.15, 0.2) is 22.7 Å². The van der Waals surface area contributed by atoms with Crippen LogP contribution >= 0.6 is 15.9 Å². The number of hydrogen-bond acceptors (Lipinski definition) is 3. The average Bonchev–Trinajstić information content (AvgIpc) is 2.78.